The summed E-state index contributed by atoms with van der Waals surface area (Å²) in [7, 11) is 0. The van der Waals surface area contributed by atoms with Crippen LogP contribution in [0.1, 0.15) is 17.3 Å². The van der Waals surface area contributed by atoms with Crippen LogP contribution in [0.4, 0.5) is 8.78 Å². The third-order valence-electron chi connectivity index (χ3n) is 2.62. The Kier molecular flexibility index (Phi) is 3.92. The molecule has 0 fully saturated rings. The second-order valence-electron chi connectivity index (χ2n) is 4.07. The zero-order chi connectivity index (χ0) is 14.0. The van der Waals surface area contributed by atoms with Gasteiger partial charge in [-0.25, -0.2) is 8.78 Å². The Labute approximate surface area is 112 Å². The summed E-state index contributed by atoms with van der Waals surface area (Å²) in [5.41, 5.74) is 6.56. The van der Waals surface area contributed by atoms with Gasteiger partial charge in [-0.1, -0.05) is 0 Å². The van der Waals surface area contributed by atoms with E-state index in [0.717, 1.165) is 6.07 Å². The minimum Gasteiger partial charge on any atom is -0.481 e. The number of thiophene rings is 1. The number of carboxylic acids is 1. The van der Waals surface area contributed by atoms with E-state index in [9.17, 15) is 13.6 Å². The van der Waals surface area contributed by atoms with Gasteiger partial charge < -0.3 is 10.8 Å². The van der Waals surface area contributed by atoms with Crippen LogP contribution >= 0.6 is 11.3 Å². The fourth-order valence-corrected chi connectivity index (χ4v) is 2.61. The molecule has 6 heteroatoms. The fourth-order valence-electron chi connectivity index (χ4n) is 1.70. The number of hydrogen-bond donors (Lipinski definition) is 2. The minimum absolute atomic E-state index is 0.189. The molecule has 3 N–H and O–H groups in total. The maximum Gasteiger partial charge on any atom is 0.305 e. The molecule has 1 heterocycles. The van der Waals surface area contributed by atoms with Crippen LogP contribution in [0.25, 0.3) is 11.1 Å². The molecule has 1 aromatic heterocycles. The maximum atomic E-state index is 13.6. The second kappa shape index (κ2) is 5.46. The predicted molar refractivity (Wildman–Crippen MR) is 68.9 cm³/mol. The zero-order valence-corrected chi connectivity index (χ0v) is 10.6. The number of nitrogens with two attached hydrogens (primary N) is 1. The molecule has 0 saturated carbocycles. The monoisotopic (exact) mass is 283 g/mol. The first-order valence-corrected chi connectivity index (χ1v) is 6.36. The molecule has 0 aliphatic heterocycles. The summed E-state index contributed by atoms with van der Waals surface area (Å²) in [5, 5.41) is 10.3. The van der Waals surface area contributed by atoms with Gasteiger partial charge in [-0.15, -0.1) is 11.3 Å². The Bertz CT molecular complexity index is 612. The van der Waals surface area contributed by atoms with Crippen molar-refractivity contribution in [3.05, 3.63) is 46.2 Å². The summed E-state index contributed by atoms with van der Waals surface area (Å²) in [6, 6.07) is 4.34. The zero-order valence-electron chi connectivity index (χ0n) is 9.77. The molecule has 0 radical (unpaired) electrons. The van der Waals surface area contributed by atoms with E-state index in [1.165, 1.54) is 23.5 Å². The Hall–Kier alpha value is -1.79. The van der Waals surface area contributed by atoms with Gasteiger partial charge in [0.1, 0.15) is 11.6 Å². The third kappa shape index (κ3) is 3.15. The van der Waals surface area contributed by atoms with Crippen molar-refractivity contribution in [1.29, 1.82) is 0 Å². The van der Waals surface area contributed by atoms with Crippen LogP contribution in [0.5, 0.6) is 0 Å². The summed E-state index contributed by atoms with van der Waals surface area (Å²) < 4.78 is 26.4. The van der Waals surface area contributed by atoms with Crippen LogP contribution in [0.2, 0.25) is 0 Å². The van der Waals surface area contributed by atoms with E-state index < -0.39 is 23.6 Å². The van der Waals surface area contributed by atoms with E-state index in [-0.39, 0.29) is 12.0 Å². The molecule has 100 valence electrons. The van der Waals surface area contributed by atoms with E-state index in [0.29, 0.717) is 10.4 Å². The molecule has 0 aliphatic rings. The Morgan fingerprint density at radius 1 is 1.37 bits per heavy atom. The van der Waals surface area contributed by atoms with Crippen LogP contribution < -0.4 is 5.73 Å². The SMILES string of the molecule is NC(CC(=O)O)c1cc(-c2ccc(F)cc2F)cs1. The van der Waals surface area contributed by atoms with Crippen molar-refractivity contribution < 1.29 is 18.7 Å². The molecule has 3 nitrogen and oxygen atoms in total. The van der Waals surface area contributed by atoms with Crippen molar-refractivity contribution in [2.24, 2.45) is 5.73 Å². The van der Waals surface area contributed by atoms with E-state index in [2.05, 4.69) is 0 Å². The summed E-state index contributed by atoms with van der Waals surface area (Å²) in [6.45, 7) is 0. The summed E-state index contributed by atoms with van der Waals surface area (Å²) >= 11 is 1.26. The van der Waals surface area contributed by atoms with Crippen LogP contribution in [0.3, 0.4) is 0 Å². The Morgan fingerprint density at radius 2 is 2.11 bits per heavy atom. The Morgan fingerprint density at radius 3 is 2.74 bits per heavy atom. The Balaban J connectivity index is 2.28. The standard InChI is InChI=1S/C13H11F2NO2S/c14-8-1-2-9(10(15)4-8)7-3-12(19-6-7)11(16)5-13(17)18/h1-4,6,11H,5,16H2,(H,17,18). The van der Waals surface area contributed by atoms with Crippen molar-refractivity contribution in [2.45, 2.75) is 12.5 Å². The molecule has 19 heavy (non-hydrogen) atoms. The van der Waals surface area contributed by atoms with Gasteiger partial charge in [-0.2, -0.15) is 0 Å². The quantitative estimate of drug-likeness (QED) is 0.906. The lowest BCUT2D eigenvalue weighted by Gasteiger charge is -2.05. The minimum atomic E-state index is -0.990. The van der Waals surface area contributed by atoms with Crippen molar-refractivity contribution in [1.82, 2.24) is 0 Å². The molecule has 0 amide bonds. The highest BCUT2D eigenvalue weighted by atomic mass is 32.1. The van der Waals surface area contributed by atoms with Crippen LogP contribution in [0, 0.1) is 11.6 Å². The highest BCUT2D eigenvalue weighted by Gasteiger charge is 2.15. The van der Waals surface area contributed by atoms with Gasteiger partial charge in [-0.3, -0.25) is 4.79 Å². The van der Waals surface area contributed by atoms with Gasteiger partial charge in [0.2, 0.25) is 0 Å². The highest BCUT2D eigenvalue weighted by Crippen LogP contribution is 2.31. The first kappa shape index (κ1) is 13.6. The smallest absolute Gasteiger partial charge is 0.305 e. The molecular weight excluding hydrogens is 272 g/mol. The molecule has 2 rings (SSSR count). The average molecular weight is 283 g/mol. The first-order chi connectivity index (χ1) is 8.97. The molecule has 1 atom stereocenters. The summed E-state index contributed by atoms with van der Waals surface area (Å²) in [5.74, 6) is -2.29. The van der Waals surface area contributed by atoms with Gasteiger partial charge in [0.25, 0.3) is 0 Å². The van der Waals surface area contributed by atoms with Crippen molar-refractivity contribution >= 4 is 17.3 Å². The van der Waals surface area contributed by atoms with Crippen molar-refractivity contribution in [2.75, 3.05) is 0 Å². The van der Waals surface area contributed by atoms with Crippen LogP contribution in [-0.2, 0) is 4.79 Å². The third-order valence-corrected chi connectivity index (χ3v) is 3.69. The number of rotatable bonds is 4. The molecule has 0 aliphatic carbocycles. The lowest BCUT2D eigenvalue weighted by molar-refractivity contribution is -0.137. The van der Waals surface area contributed by atoms with Crippen molar-refractivity contribution in [3.63, 3.8) is 0 Å². The lowest BCUT2D eigenvalue weighted by Crippen LogP contribution is -2.13. The molecular formula is C13H11F2NO2S. The topological polar surface area (TPSA) is 63.3 Å². The average Bonchev–Trinajstić information content (AvgIpc) is 2.77. The maximum absolute atomic E-state index is 13.6. The van der Waals surface area contributed by atoms with Gasteiger partial charge in [-0.05, 0) is 29.1 Å². The molecule has 1 aromatic carbocycles. The summed E-state index contributed by atoms with van der Waals surface area (Å²) in [6.07, 6.45) is -0.189. The van der Waals surface area contributed by atoms with Crippen LogP contribution in [-0.4, -0.2) is 11.1 Å². The molecule has 1 unspecified atom stereocenters. The van der Waals surface area contributed by atoms with Gasteiger partial charge in [0.15, 0.2) is 0 Å². The molecule has 0 bridgehead atoms. The van der Waals surface area contributed by atoms with E-state index in [4.69, 9.17) is 10.8 Å². The number of hydrogen-bond acceptors (Lipinski definition) is 3. The number of aliphatic carboxylic acids is 1. The van der Waals surface area contributed by atoms with E-state index >= 15 is 0 Å². The fraction of sp³-hybridized carbons (Fsp3) is 0.154. The number of carbonyl (C=O) groups is 1. The van der Waals surface area contributed by atoms with Crippen LogP contribution in [0.15, 0.2) is 29.6 Å². The second-order valence-corrected chi connectivity index (χ2v) is 5.01. The van der Waals surface area contributed by atoms with Gasteiger partial charge >= 0.3 is 5.97 Å². The lowest BCUT2D eigenvalue weighted by atomic mass is 10.1. The molecule has 0 spiro atoms. The summed E-state index contributed by atoms with van der Waals surface area (Å²) in [4.78, 5) is 11.2. The van der Waals surface area contributed by atoms with Crippen molar-refractivity contribution in [3.8, 4) is 11.1 Å². The largest absolute Gasteiger partial charge is 0.481 e. The van der Waals surface area contributed by atoms with Gasteiger partial charge in [0, 0.05) is 22.5 Å². The number of halogens is 2. The highest BCUT2D eigenvalue weighted by molar-refractivity contribution is 7.10. The molecule has 0 saturated heterocycles. The van der Waals surface area contributed by atoms with Gasteiger partial charge in [0.05, 0.1) is 6.42 Å². The van der Waals surface area contributed by atoms with E-state index in [1.807, 2.05) is 0 Å². The first-order valence-electron chi connectivity index (χ1n) is 5.48. The number of benzene rings is 1. The normalized spacial score (nSPS) is 12.4. The number of carboxylic acid groups (broad SMARTS) is 1. The molecule has 2 aromatic rings. The van der Waals surface area contributed by atoms with E-state index in [1.54, 1.807) is 11.4 Å². The predicted octanol–water partition coefficient (Wildman–Crippen LogP) is 3.17.